The Hall–Kier alpha value is -2.92. The van der Waals surface area contributed by atoms with E-state index in [9.17, 15) is 13.6 Å². The Bertz CT molecular complexity index is 1180. The van der Waals surface area contributed by atoms with Crippen molar-refractivity contribution in [2.45, 2.75) is 32.2 Å². The van der Waals surface area contributed by atoms with Crippen molar-refractivity contribution in [2.24, 2.45) is 0 Å². The summed E-state index contributed by atoms with van der Waals surface area (Å²) >= 11 is 6.03. The van der Waals surface area contributed by atoms with Crippen molar-refractivity contribution in [3.63, 3.8) is 0 Å². The maximum Gasteiger partial charge on any atom is 0.303 e. The summed E-state index contributed by atoms with van der Waals surface area (Å²) < 4.78 is 29.3. The number of anilines is 2. The lowest BCUT2D eigenvalue weighted by Crippen LogP contribution is -2.31. The van der Waals surface area contributed by atoms with Gasteiger partial charge in [-0.3, -0.25) is 4.79 Å². The van der Waals surface area contributed by atoms with E-state index < -0.39 is 11.7 Å². The Balaban J connectivity index is 1.88. The van der Waals surface area contributed by atoms with Gasteiger partial charge in [0.2, 0.25) is 11.7 Å². The first kappa shape index (κ1) is 22.3. The number of alkyl halides is 2. The maximum absolute atomic E-state index is 13.9. The quantitative estimate of drug-likeness (QED) is 0.580. The van der Waals surface area contributed by atoms with E-state index in [0.717, 1.165) is 19.5 Å². The van der Waals surface area contributed by atoms with Gasteiger partial charge in [-0.15, -0.1) is 5.10 Å². The van der Waals surface area contributed by atoms with Crippen molar-refractivity contribution >= 4 is 40.0 Å². The highest BCUT2D eigenvalue weighted by atomic mass is 35.5. The van der Waals surface area contributed by atoms with Crippen LogP contribution in [-0.2, 0) is 10.7 Å². The van der Waals surface area contributed by atoms with Crippen LogP contribution in [0.1, 0.15) is 26.1 Å². The highest BCUT2D eigenvalue weighted by molar-refractivity contribution is 6.29. The highest BCUT2D eigenvalue weighted by Gasteiger charge is 2.31. The number of nitrogens with one attached hydrogen (secondary N) is 1. The van der Waals surface area contributed by atoms with Crippen LogP contribution in [0.15, 0.2) is 18.3 Å². The summed E-state index contributed by atoms with van der Waals surface area (Å²) in [4.78, 5) is 27.8. The van der Waals surface area contributed by atoms with E-state index in [0.29, 0.717) is 35.5 Å². The number of aromatic nitrogens is 5. The van der Waals surface area contributed by atoms with E-state index >= 15 is 0 Å². The van der Waals surface area contributed by atoms with Gasteiger partial charge in [-0.2, -0.15) is 8.78 Å². The molecule has 9 nitrogen and oxygen atoms in total. The molecule has 4 heterocycles. The van der Waals surface area contributed by atoms with Crippen LogP contribution < -0.4 is 10.2 Å². The summed E-state index contributed by atoms with van der Waals surface area (Å²) in [7, 11) is 4.06. The van der Waals surface area contributed by atoms with Crippen LogP contribution >= 0.6 is 11.6 Å². The third kappa shape index (κ3) is 4.35. The first-order chi connectivity index (χ1) is 15.0. The van der Waals surface area contributed by atoms with Gasteiger partial charge in [-0.1, -0.05) is 11.6 Å². The second-order valence-electron chi connectivity index (χ2n) is 8.12. The maximum atomic E-state index is 13.9. The van der Waals surface area contributed by atoms with E-state index in [1.165, 1.54) is 17.7 Å². The number of pyridine rings is 1. The van der Waals surface area contributed by atoms with E-state index in [-0.39, 0.29) is 16.9 Å². The zero-order chi connectivity index (χ0) is 23.2. The van der Waals surface area contributed by atoms with Gasteiger partial charge >= 0.3 is 5.92 Å². The largest absolute Gasteiger partial charge is 0.353 e. The average Bonchev–Trinajstić information content (AvgIpc) is 3.31. The first-order valence-corrected chi connectivity index (χ1v) is 10.4. The molecule has 1 aliphatic rings. The Morgan fingerprint density at radius 2 is 2.06 bits per heavy atom. The number of halogens is 3. The van der Waals surface area contributed by atoms with Gasteiger partial charge in [0.25, 0.3) is 0 Å². The van der Waals surface area contributed by atoms with Crippen molar-refractivity contribution in [2.75, 3.05) is 37.4 Å². The van der Waals surface area contributed by atoms with Crippen LogP contribution in [0.2, 0.25) is 5.15 Å². The topological polar surface area (TPSA) is 92.1 Å². The van der Waals surface area contributed by atoms with E-state index in [2.05, 4.69) is 30.1 Å². The molecule has 1 N–H and O–H groups in total. The number of hydrogen-bond donors (Lipinski definition) is 1. The third-order valence-electron chi connectivity index (χ3n) is 5.33. The molecular weight excluding hydrogens is 442 g/mol. The molecule has 1 atom stereocenters. The minimum absolute atomic E-state index is 0.0982. The molecular formula is C20H23ClF2N8O. The van der Waals surface area contributed by atoms with Crippen LogP contribution in [0, 0.1) is 0 Å². The van der Waals surface area contributed by atoms with Gasteiger partial charge in [0.1, 0.15) is 11.0 Å². The number of fused-ring (bicyclic) bond motifs is 1. The average molecular weight is 465 g/mol. The van der Waals surface area contributed by atoms with Gasteiger partial charge < -0.3 is 15.1 Å². The smallest absolute Gasteiger partial charge is 0.303 e. The molecule has 3 aromatic heterocycles. The highest BCUT2D eigenvalue weighted by Crippen LogP contribution is 2.33. The molecule has 32 heavy (non-hydrogen) atoms. The monoisotopic (exact) mass is 464 g/mol. The Kier molecular flexibility index (Phi) is 5.72. The molecule has 0 aliphatic carbocycles. The van der Waals surface area contributed by atoms with Crippen LogP contribution in [-0.4, -0.2) is 68.8 Å². The van der Waals surface area contributed by atoms with Gasteiger partial charge in [-0.25, -0.2) is 19.6 Å². The van der Waals surface area contributed by atoms with Crippen molar-refractivity contribution in [3.05, 3.63) is 29.3 Å². The number of hydrogen-bond acceptors (Lipinski definition) is 7. The summed E-state index contributed by atoms with van der Waals surface area (Å²) in [6.07, 6.45) is 2.57. The van der Waals surface area contributed by atoms with Crippen LogP contribution in [0.25, 0.3) is 16.7 Å². The lowest BCUT2D eigenvalue weighted by Gasteiger charge is -2.20. The van der Waals surface area contributed by atoms with E-state index in [1.54, 1.807) is 12.3 Å². The number of nitrogens with zero attached hydrogens (tertiary/aromatic N) is 7. The van der Waals surface area contributed by atoms with Gasteiger partial charge in [0.15, 0.2) is 11.6 Å². The molecule has 170 valence electrons. The Labute approximate surface area is 188 Å². The predicted octanol–water partition coefficient (Wildman–Crippen LogP) is 3.07. The number of likely N-dealkylation sites (N-methyl/N-ethyl adjacent to an activating group) is 1. The van der Waals surface area contributed by atoms with Crippen molar-refractivity contribution in [3.8, 4) is 5.82 Å². The fraction of sp³-hybridized carbons (Fsp3) is 0.450. The second kappa shape index (κ2) is 8.21. The van der Waals surface area contributed by atoms with E-state index in [1.807, 2.05) is 14.1 Å². The van der Waals surface area contributed by atoms with Crippen molar-refractivity contribution < 1.29 is 13.6 Å². The molecule has 1 aliphatic heterocycles. The van der Waals surface area contributed by atoms with Gasteiger partial charge in [0, 0.05) is 51.3 Å². The first-order valence-electron chi connectivity index (χ1n) is 10.0. The SMILES string of the molecule is CC(=O)Nc1cc2c(cn1)c(N1CC[C@@H](N(C)C)C1)nn2-c1cc(Cl)nc(C(C)(F)F)n1. The minimum atomic E-state index is -3.28. The fourth-order valence-electron chi connectivity index (χ4n) is 3.72. The minimum Gasteiger partial charge on any atom is -0.353 e. The molecule has 12 heteroatoms. The number of carbonyl (C=O) groups excluding carboxylic acids is 1. The Morgan fingerprint density at radius 3 is 2.69 bits per heavy atom. The molecule has 1 saturated heterocycles. The Morgan fingerprint density at radius 1 is 1.31 bits per heavy atom. The van der Waals surface area contributed by atoms with Gasteiger partial charge in [0.05, 0.1) is 10.9 Å². The van der Waals surface area contributed by atoms with Crippen molar-refractivity contribution in [1.29, 1.82) is 0 Å². The molecule has 4 rings (SSSR count). The zero-order valence-corrected chi connectivity index (χ0v) is 18.9. The standard InChI is InChI=1S/C20H23ClF2N8O/c1-11(32)25-16-7-14-13(9-24-16)18(30-6-5-12(10-30)29(3)4)28-31(14)17-8-15(21)26-19(27-17)20(2,22)23/h7-9,12H,5-6,10H2,1-4H3,(H,24,25,32)/t12-/m1/s1. The molecule has 1 fully saturated rings. The lowest BCUT2D eigenvalue weighted by atomic mass is 10.2. The summed E-state index contributed by atoms with van der Waals surface area (Å²) in [5.74, 6) is -3.19. The molecule has 0 bridgehead atoms. The summed E-state index contributed by atoms with van der Waals surface area (Å²) in [5.41, 5.74) is 0.548. The summed E-state index contributed by atoms with van der Waals surface area (Å²) in [5, 5.41) is 7.91. The van der Waals surface area contributed by atoms with Crippen LogP contribution in [0.3, 0.4) is 0 Å². The van der Waals surface area contributed by atoms with Gasteiger partial charge in [-0.05, 0) is 20.5 Å². The third-order valence-corrected chi connectivity index (χ3v) is 5.53. The van der Waals surface area contributed by atoms with Crippen LogP contribution in [0.5, 0.6) is 0 Å². The zero-order valence-electron chi connectivity index (χ0n) is 18.1. The fourth-order valence-corrected chi connectivity index (χ4v) is 3.90. The molecule has 0 unspecified atom stereocenters. The summed E-state index contributed by atoms with van der Waals surface area (Å²) in [6.45, 7) is 3.63. The number of amides is 1. The lowest BCUT2D eigenvalue weighted by molar-refractivity contribution is -0.114. The molecule has 0 saturated carbocycles. The van der Waals surface area contributed by atoms with Crippen LogP contribution in [0.4, 0.5) is 20.4 Å². The second-order valence-corrected chi connectivity index (χ2v) is 8.50. The van der Waals surface area contributed by atoms with E-state index in [4.69, 9.17) is 16.7 Å². The normalized spacial score (nSPS) is 16.9. The number of carbonyl (C=O) groups is 1. The summed E-state index contributed by atoms with van der Waals surface area (Å²) in [6, 6.07) is 3.37. The number of rotatable bonds is 5. The molecule has 0 spiro atoms. The molecule has 0 aromatic carbocycles. The van der Waals surface area contributed by atoms with Crippen molar-refractivity contribution in [1.82, 2.24) is 29.6 Å². The molecule has 0 radical (unpaired) electrons. The molecule has 3 aromatic rings. The predicted molar refractivity (Wildman–Crippen MR) is 118 cm³/mol. The molecule has 1 amide bonds.